The van der Waals surface area contributed by atoms with E-state index in [-0.39, 0.29) is 0 Å². The van der Waals surface area contributed by atoms with E-state index in [1.165, 1.54) is 0 Å². The maximum atomic E-state index is 6.24. The molecule has 120 valence electrons. The van der Waals surface area contributed by atoms with E-state index in [1.54, 1.807) is 23.1 Å². The number of nitrogens with zero attached hydrogens (tertiary/aromatic N) is 4. The van der Waals surface area contributed by atoms with Crippen LogP contribution in [0.2, 0.25) is 5.02 Å². The molecule has 0 spiro atoms. The van der Waals surface area contributed by atoms with Crippen LogP contribution in [-0.2, 0) is 12.3 Å². The molecule has 4 nitrogen and oxygen atoms in total. The van der Waals surface area contributed by atoms with Gasteiger partial charge in [0.2, 0.25) is 0 Å². The van der Waals surface area contributed by atoms with Gasteiger partial charge in [-0.1, -0.05) is 48.5 Å². The molecule has 0 saturated heterocycles. The zero-order valence-corrected chi connectivity index (χ0v) is 15.4. The van der Waals surface area contributed by atoms with Crippen LogP contribution in [0.3, 0.4) is 0 Å². The van der Waals surface area contributed by atoms with Crippen molar-refractivity contribution in [2.24, 2.45) is 0 Å². The van der Waals surface area contributed by atoms with Crippen molar-refractivity contribution in [2.45, 2.75) is 37.7 Å². The second-order valence-electron chi connectivity index (χ2n) is 5.09. The molecule has 0 amide bonds. The molecule has 0 aliphatic heterocycles. The Hall–Kier alpha value is -1.37. The molecular formula is C16H17ClN4S2. The summed E-state index contributed by atoms with van der Waals surface area (Å²) in [5, 5.41) is 13.2. The standard InChI is InChI=1S/C16H17ClN4S2/c1-3-8-21-11(2)19-20-16(21)23-10-12-9-22-15(18-12)13-6-4-5-7-14(13)17/h4-7,9H,3,8,10H2,1-2H3. The molecule has 0 bridgehead atoms. The van der Waals surface area contributed by atoms with Gasteiger partial charge in [-0.2, -0.15) is 0 Å². The van der Waals surface area contributed by atoms with Gasteiger partial charge in [0.05, 0.1) is 10.7 Å². The summed E-state index contributed by atoms with van der Waals surface area (Å²) in [6, 6.07) is 7.80. The summed E-state index contributed by atoms with van der Waals surface area (Å²) in [5.74, 6) is 1.74. The lowest BCUT2D eigenvalue weighted by Gasteiger charge is -2.05. The molecule has 0 fully saturated rings. The Morgan fingerprint density at radius 3 is 2.87 bits per heavy atom. The van der Waals surface area contributed by atoms with Crippen molar-refractivity contribution in [2.75, 3.05) is 0 Å². The van der Waals surface area contributed by atoms with E-state index in [9.17, 15) is 0 Å². The van der Waals surface area contributed by atoms with E-state index in [0.29, 0.717) is 0 Å². The summed E-state index contributed by atoms with van der Waals surface area (Å²) in [4.78, 5) is 4.69. The lowest BCUT2D eigenvalue weighted by molar-refractivity contribution is 0.605. The van der Waals surface area contributed by atoms with Crippen molar-refractivity contribution >= 4 is 34.7 Å². The summed E-state index contributed by atoms with van der Waals surface area (Å²) < 4.78 is 2.16. The number of thiazole rings is 1. The number of benzene rings is 1. The minimum atomic E-state index is 0.736. The molecule has 0 N–H and O–H groups in total. The first-order valence-electron chi connectivity index (χ1n) is 7.41. The van der Waals surface area contributed by atoms with Crippen molar-refractivity contribution in [1.29, 1.82) is 0 Å². The lowest BCUT2D eigenvalue weighted by Crippen LogP contribution is -2.01. The van der Waals surface area contributed by atoms with Gasteiger partial charge in [-0.25, -0.2) is 4.98 Å². The molecule has 0 radical (unpaired) electrons. The number of rotatable bonds is 6. The Morgan fingerprint density at radius 1 is 1.26 bits per heavy atom. The molecular weight excluding hydrogens is 348 g/mol. The number of aromatic nitrogens is 4. The number of hydrogen-bond acceptors (Lipinski definition) is 5. The quantitative estimate of drug-likeness (QED) is 0.573. The predicted molar refractivity (Wildman–Crippen MR) is 97.2 cm³/mol. The number of aryl methyl sites for hydroxylation is 1. The predicted octanol–water partition coefficient (Wildman–Crippen LogP) is 5.07. The van der Waals surface area contributed by atoms with Crippen LogP contribution >= 0.6 is 34.7 Å². The number of hydrogen-bond donors (Lipinski definition) is 0. The largest absolute Gasteiger partial charge is 0.306 e. The molecule has 0 unspecified atom stereocenters. The number of thioether (sulfide) groups is 1. The summed E-state index contributed by atoms with van der Waals surface area (Å²) >= 11 is 9.53. The molecule has 2 aromatic heterocycles. The van der Waals surface area contributed by atoms with Crippen molar-refractivity contribution in [3.05, 3.63) is 46.2 Å². The minimum absolute atomic E-state index is 0.736. The van der Waals surface area contributed by atoms with Gasteiger partial charge in [0, 0.05) is 23.2 Å². The third-order valence-electron chi connectivity index (χ3n) is 3.35. The molecule has 2 heterocycles. The van der Waals surface area contributed by atoms with Crippen LogP contribution < -0.4 is 0 Å². The van der Waals surface area contributed by atoms with E-state index in [2.05, 4.69) is 27.1 Å². The van der Waals surface area contributed by atoms with Crippen molar-refractivity contribution in [1.82, 2.24) is 19.7 Å². The fourth-order valence-corrected chi connectivity index (χ4v) is 4.37. The fourth-order valence-electron chi connectivity index (χ4n) is 2.22. The normalized spacial score (nSPS) is 11.1. The smallest absolute Gasteiger partial charge is 0.191 e. The van der Waals surface area contributed by atoms with Crippen LogP contribution in [0.5, 0.6) is 0 Å². The minimum Gasteiger partial charge on any atom is -0.306 e. The molecule has 7 heteroatoms. The van der Waals surface area contributed by atoms with Gasteiger partial charge in [-0.15, -0.1) is 21.5 Å². The summed E-state index contributed by atoms with van der Waals surface area (Å²) in [5.41, 5.74) is 2.03. The Kier molecular flexibility index (Phi) is 5.35. The first-order chi connectivity index (χ1) is 11.2. The van der Waals surface area contributed by atoms with Crippen LogP contribution in [0, 0.1) is 6.92 Å². The van der Waals surface area contributed by atoms with Crippen LogP contribution in [0.25, 0.3) is 10.6 Å². The van der Waals surface area contributed by atoms with Crippen LogP contribution in [0.1, 0.15) is 24.9 Å². The Morgan fingerprint density at radius 2 is 2.09 bits per heavy atom. The molecule has 0 aliphatic rings. The van der Waals surface area contributed by atoms with Gasteiger partial charge < -0.3 is 4.57 Å². The maximum Gasteiger partial charge on any atom is 0.191 e. The molecule has 0 atom stereocenters. The highest BCUT2D eigenvalue weighted by Crippen LogP contribution is 2.31. The van der Waals surface area contributed by atoms with Crippen LogP contribution in [0.15, 0.2) is 34.8 Å². The number of halogens is 1. The highest BCUT2D eigenvalue weighted by atomic mass is 35.5. The van der Waals surface area contributed by atoms with Gasteiger partial charge in [0.25, 0.3) is 0 Å². The van der Waals surface area contributed by atoms with Gasteiger partial charge in [0.1, 0.15) is 10.8 Å². The third kappa shape index (κ3) is 3.76. The second-order valence-corrected chi connectivity index (χ2v) is 7.30. The Labute approximate surface area is 148 Å². The highest BCUT2D eigenvalue weighted by Gasteiger charge is 2.12. The molecule has 0 saturated carbocycles. The van der Waals surface area contributed by atoms with E-state index < -0.39 is 0 Å². The molecule has 3 aromatic rings. The molecule has 0 aliphatic carbocycles. The average molecular weight is 365 g/mol. The summed E-state index contributed by atoms with van der Waals surface area (Å²) in [6.45, 7) is 5.10. The van der Waals surface area contributed by atoms with E-state index in [4.69, 9.17) is 16.6 Å². The Balaban J connectivity index is 1.72. The van der Waals surface area contributed by atoms with Crippen molar-refractivity contribution in [3.63, 3.8) is 0 Å². The van der Waals surface area contributed by atoms with E-state index in [1.807, 2.05) is 31.2 Å². The molecule has 1 aromatic carbocycles. The van der Waals surface area contributed by atoms with Crippen molar-refractivity contribution in [3.8, 4) is 10.6 Å². The highest BCUT2D eigenvalue weighted by molar-refractivity contribution is 7.98. The van der Waals surface area contributed by atoms with Gasteiger partial charge in [-0.3, -0.25) is 0 Å². The average Bonchev–Trinajstić information content (AvgIpc) is 3.14. The van der Waals surface area contributed by atoms with E-state index in [0.717, 1.165) is 51.0 Å². The first kappa shape index (κ1) is 16.5. The van der Waals surface area contributed by atoms with Gasteiger partial charge >= 0.3 is 0 Å². The third-order valence-corrected chi connectivity index (χ3v) is 5.61. The first-order valence-corrected chi connectivity index (χ1v) is 9.65. The van der Waals surface area contributed by atoms with E-state index >= 15 is 0 Å². The second kappa shape index (κ2) is 7.47. The summed E-state index contributed by atoms with van der Waals surface area (Å²) in [7, 11) is 0. The maximum absolute atomic E-state index is 6.24. The Bertz CT molecular complexity index is 797. The van der Waals surface area contributed by atoms with Crippen LogP contribution in [-0.4, -0.2) is 19.7 Å². The fraction of sp³-hybridized carbons (Fsp3) is 0.312. The zero-order chi connectivity index (χ0) is 16.2. The SMILES string of the molecule is CCCn1c(C)nnc1SCc1csc(-c2ccccc2Cl)n1. The summed E-state index contributed by atoms with van der Waals surface area (Å²) in [6.07, 6.45) is 1.07. The zero-order valence-electron chi connectivity index (χ0n) is 13.0. The molecule has 23 heavy (non-hydrogen) atoms. The van der Waals surface area contributed by atoms with Crippen LogP contribution in [0.4, 0.5) is 0 Å². The van der Waals surface area contributed by atoms with Gasteiger partial charge in [0.15, 0.2) is 5.16 Å². The lowest BCUT2D eigenvalue weighted by atomic mass is 10.2. The van der Waals surface area contributed by atoms with Crippen molar-refractivity contribution < 1.29 is 0 Å². The molecule has 3 rings (SSSR count). The monoisotopic (exact) mass is 364 g/mol. The topological polar surface area (TPSA) is 43.6 Å². The van der Waals surface area contributed by atoms with Gasteiger partial charge in [-0.05, 0) is 19.4 Å².